The molecule has 0 spiro atoms. The monoisotopic (exact) mass is 466 g/mol. The molecule has 1 saturated heterocycles. The predicted molar refractivity (Wildman–Crippen MR) is 117 cm³/mol. The SMILES string of the molecule is COc1ccc(CN(C)CC(=O)N2CCN(S(=O)(=O)c3c(C)noc3C)CC2)c(OC)c1. The first-order valence-electron chi connectivity index (χ1n) is 10.3. The number of carbonyl (C=O) groups excluding carboxylic acids is 1. The summed E-state index contributed by atoms with van der Waals surface area (Å²) in [7, 11) is 1.35. The van der Waals surface area contributed by atoms with E-state index in [-0.39, 0.29) is 36.2 Å². The molecule has 0 N–H and O–H groups in total. The fraction of sp³-hybridized carbons (Fsp3) is 0.524. The third kappa shape index (κ3) is 5.05. The Hall–Kier alpha value is -2.63. The number of sulfonamides is 1. The average Bonchev–Trinajstić information content (AvgIpc) is 3.12. The zero-order valence-electron chi connectivity index (χ0n) is 19.1. The van der Waals surface area contributed by atoms with Crippen molar-refractivity contribution in [3.8, 4) is 11.5 Å². The number of aryl methyl sites for hydroxylation is 2. The van der Waals surface area contributed by atoms with Gasteiger partial charge in [0.25, 0.3) is 0 Å². The molecule has 1 fully saturated rings. The molecule has 0 saturated carbocycles. The van der Waals surface area contributed by atoms with Gasteiger partial charge in [-0.05, 0) is 27.0 Å². The minimum Gasteiger partial charge on any atom is -0.497 e. The summed E-state index contributed by atoms with van der Waals surface area (Å²) in [6.45, 7) is 5.06. The van der Waals surface area contributed by atoms with Gasteiger partial charge in [-0.3, -0.25) is 9.69 Å². The molecular weight excluding hydrogens is 436 g/mol. The van der Waals surface area contributed by atoms with Crippen LogP contribution in [-0.4, -0.2) is 87.6 Å². The standard InChI is InChI=1S/C21H30N4O6S/c1-15-21(16(2)31-22-15)32(27,28)25-10-8-24(9-11-25)20(26)14-23(3)13-17-6-7-18(29-4)12-19(17)30-5/h6-7,12H,8-11,13-14H2,1-5H3. The summed E-state index contributed by atoms with van der Waals surface area (Å²) >= 11 is 0. The lowest BCUT2D eigenvalue weighted by atomic mass is 10.1. The van der Waals surface area contributed by atoms with Crippen LogP contribution in [0.3, 0.4) is 0 Å². The van der Waals surface area contributed by atoms with Crippen LogP contribution in [0.15, 0.2) is 27.6 Å². The number of carbonyl (C=O) groups is 1. The molecule has 1 amide bonds. The van der Waals surface area contributed by atoms with Crippen molar-refractivity contribution in [3.63, 3.8) is 0 Å². The van der Waals surface area contributed by atoms with E-state index in [0.717, 1.165) is 5.56 Å². The van der Waals surface area contributed by atoms with E-state index in [1.807, 2.05) is 30.1 Å². The van der Waals surface area contributed by atoms with Crippen molar-refractivity contribution >= 4 is 15.9 Å². The third-order valence-corrected chi connectivity index (χ3v) is 7.64. The molecule has 1 aromatic carbocycles. The largest absolute Gasteiger partial charge is 0.497 e. The smallest absolute Gasteiger partial charge is 0.248 e. The van der Waals surface area contributed by atoms with Gasteiger partial charge in [-0.1, -0.05) is 11.2 Å². The van der Waals surface area contributed by atoms with Gasteiger partial charge in [0.15, 0.2) is 5.76 Å². The second-order valence-electron chi connectivity index (χ2n) is 7.79. The third-order valence-electron chi connectivity index (χ3n) is 5.50. The highest BCUT2D eigenvalue weighted by Crippen LogP contribution is 2.26. The van der Waals surface area contributed by atoms with Gasteiger partial charge < -0.3 is 18.9 Å². The maximum Gasteiger partial charge on any atom is 0.248 e. The summed E-state index contributed by atoms with van der Waals surface area (Å²) in [4.78, 5) is 16.5. The Morgan fingerprint density at radius 1 is 1.16 bits per heavy atom. The number of methoxy groups -OCH3 is 2. The summed E-state index contributed by atoms with van der Waals surface area (Å²) < 4.78 is 42.9. The lowest BCUT2D eigenvalue weighted by molar-refractivity contribution is -0.133. The van der Waals surface area contributed by atoms with Crippen molar-refractivity contribution in [2.45, 2.75) is 25.3 Å². The zero-order valence-corrected chi connectivity index (χ0v) is 19.9. The molecule has 1 aliphatic heterocycles. The van der Waals surface area contributed by atoms with E-state index >= 15 is 0 Å². The molecule has 176 valence electrons. The molecule has 0 aliphatic carbocycles. The summed E-state index contributed by atoms with van der Waals surface area (Å²) in [6.07, 6.45) is 0. The maximum atomic E-state index is 12.9. The van der Waals surface area contributed by atoms with Gasteiger partial charge in [-0.2, -0.15) is 4.31 Å². The van der Waals surface area contributed by atoms with Crippen LogP contribution in [0.4, 0.5) is 0 Å². The number of benzene rings is 1. The zero-order chi connectivity index (χ0) is 23.5. The number of ether oxygens (including phenoxy) is 2. The fourth-order valence-corrected chi connectivity index (χ4v) is 5.52. The maximum absolute atomic E-state index is 12.9. The van der Waals surface area contributed by atoms with Gasteiger partial charge in [-0.15, -0.1) is 0 Å². The Labute approximate surface area is 188 Å². The van der Waals surface area contributed by atoms with E-state index in [4.69, 9.17) is 14.0 Å². The molecule has 0 radical (unpaired) electrons. The molecule has 1 aromatic heterocycles. The molecule has 2 aromatic rings. The number of likely N-dealkylation sites (N-methyl/N-ethyl adjacent to an activating group) is 1. The van der Waals surface area contributed by atoms with Gasteiger partial charge in [0.1, 0.15) is 22.1 Å². The fourth-order valence-electron chi connectivity index (χ4n) is 3.81. The van der Waals surface area contributed by atoms with Crippen molar-refractivity contribution in [3.05, 3.63) is 35.2 Å². The number of aromatic nitrogens is 1. The summed E-state index contributed by atoms with van der Waals surface area (Å²) in [5, 5.41) is 3.74. The molecular formula is C21H30N4O6S. The highest BCUT2D eigenvalue weighted by molar-refractivity contribution is 7.89. The van der Waals surface area contributed by atoms with Crippen LogP contribution < -0.4 is 9.47 Å². The normalized spacial score (nSPS) is 15.2. The van der Waals surface area contributed by atoms with Crippen LogP contribution in [0.5, 0.6) is 11.5 Å². The highest BCUT2D eigenvalue weighted by atomic mass is 32.2. The van der Waals surface area contributed by atoms with Crippen molar-refractivity contribution < 1.29 is 27.2 Å². The number of rotatable bonds is 8. The number of nitrogens with zero attached hydrogens (tertiary/aromatic N) is 4. The molecule has 0 bridgehead atoms. The molecule has 0 unspecified atom stereocenters. The first-order valence-corrected chi connectivity index (χ1v) is 11.7. The Morgan fingerprint density at radius 3 is 2.41 bits per heavy atom. The van der Waals surface area contributed by atoms with Crippen LogP contribution in [0, 0.1) is 13.8 Å². The highest BCUT2D eigenvalue weighted by Gasteiger charge is 2.34. The number of hydrogen-bond acceptors (Lipinski definition) is 8. The van der Waals surface area contributed by atoms with Crippen LogP contribution in [0.25, 0.3) is 0 Å². The molecule has 10 nitrogen and oxygen atoms in total. The second kappa shape index (κ2) is 9.88. The summed E-state index contributed by atoms with van der Waals surface area (Å²) in [6, 6.07) is 5.58. The van der Waals surface area contributed by atoms with Crippen LogP contribution in [0.2, 0.25) is 0 Å². The van der Waals surface area contributed by atoms with Crippen molar-refractivity contribution in [1.82, 2.24) is 19.3 Å². The Bertz CT molecular complexity index is 1040. The first-order chi connectivity index (χ1) is 15.2. The van der Waals surface area contributed by atoms with E-state index in [9.17, 15) is 13.2 Å². The quantitative estimate of drug-likeness (QED) is 0.573. The van der Waals surface area contributed by atoms with Crippen molar-refractivity contribution in [1.29, 1.82) is 0 Å². The number of amides is 1. The number of hydrogen-bond donors (Lipinski definition) is 0. The van der Waals surface area contributed by atoms with Crippen LogP contribution in [0.1, 0.15) is 17.0 Å². The molecule has 0 atom stereocenters. The predicted octanol–water partition coefficient (Wildman–Crippen LogP) is 1.27. The summed E-state index contributed by atoms with van der Waals surface area (Å²) in [5.74, 6) is 1.63. The van der Waals surface area contributed by atoms with E-state index < -0.39 is 10.0 Å². The Balaban J connectivity index is 1.57. The Kier molecular flexibility index (Phi) is 7.42. The summed E-state index contributed by atoms with van der Waals surface area (Å²) in [5.41, 5.74) is 1.29. The second-order valence-corrected chi connectivity index (χ2v) is 9.66. The van der Waals surface area contributed by atoms with E-state index in [0.29, 0.717) is 36.8 Å². The van der Waals surface area contributed by atoms with Crippen LogP contribution in [-0.2, 0) is 21.4 Å². The number of piperazine rings is 1. The lowest BCUT2D eigenvalue weighted by Gasteiger charge is -2.34. The van der Waals surface area contributed by atoms with E-state index in [2.05, 4.69) is 5.16 Å². The minimum atomic E-state index is -3.70. The first kappa shape index (κ1) is 24.0. The molecule has 11 heteroatoms. The Morgan fingerprint density at radius 2 is 1.84 bits per heavy atom. The van der Waals surface area contributed by atoms with Gasteiger partial charge >= 0.3 is 0 Å². The van der Waals surface area contributed by atoms with Gasteiger partial charge in [0, 0.05) is 44.4 Å². The molecule has 2 heterocycles. The average molecular weight is 467 g/mol. The molecule has 3 rings (SSSR count). The molecule has 32 heavy (non-hydrogen) atoms. The minimum absolute atomic E-state index is 0.0469. The van der Waals surface area contributed by atoms with Gasteiger partial charge in [-0.25, -0.2) is 8.42 Å². The van der Waals surface area contributed by atoms with Gasteiger partial charge in [0.05, 0.1) is 20.8 Å². The van der Waals surface area contributed by atoms with E-state index in [1.165, 1.54) is 4.31 Å². The van der Waals surface area contributed by atoms with Gasteiger partial charge in [0.2, 0.25) is 15.9 Å². The lowest BCUT2D eigenvalue weighted by Crippen LogP contribution is -2.52. The van der Waals surface area contributed by atoms with E-state index in [1.54, 1.807) is 33.0 Å². The van der Waals surface area contributed by atoms with Crippen LogP contribution >= 0.6 is 0 Å². The van der Waals surface area contributed by atoms with Crippen molar-refractivity contribution in [2.24, 2.45) is 0 Å². The van der Waals surface area contributed by atoms with Crippen molar-refractivity contribution in [2.75, 3.05) is 54.0 Å². The molecule has 1 aliphatic rings. The topological polar surface area (TPSA) is 105 Å².